The Hall–Kier alpha value is -1.32. The summed E-state index contributed by atoms with van der Waals surface area (Å²) in [4.78, 5) is 13.9. The zero-order valence-corrected chi connectivity index (χ0v) is 17.2. The first kappa shape index (κ1) is 20.7. The predicted octanol–water partition coefficient (Wildman–Crippen LogP) is 2.65. The van der Waals surface area contributed by atoms with Crippen LogP contribution in [0.3, 0.4) is 0 Å². The summed E-state index contributed by atoms with van der Waals surface area (Å²) in [6.45, 7) is 6.66. The van der Waals surface area contributed by atoms with Gasteiger partial charge in [-0.3, -0.25) is 4.84 Å². The van der Waals surface area contributed by atoms with Gasteiger partial charge in [-0.25, -0.2) is 4.99 Å². The second-order valence-corrected chi connectivity index (χ2v) is 6.73. The highest BCUT2D eigenvalue weighted by molar-refractivity contribution is 9.10. The van der Waals surface area contributed by atoms with Gasteiger partial charge in [0, 0.05) is 5.92 Å². The van der Waals surface area contributed by atoms with Crippen molar-refractivity contribution >= 4 is 44.8 Å². The predicted molar refractivity (Wildman–Crippen MR) is 104 cm³/mol. The molecule has 0 bridgehead atoms. The van der Waals surface area contributed by atoms with E-state index in [1.54, 1.807) is 0 Å². The van der Waals surface area contributed by atoms with Gasteiger partial charge in [-0.2, -0.15) is 10.1 Å². The minimum Gasteiger partial charge on any atom is -0.492 e. The van der Waals surface area contributed by atoms with Crippen LogP contribution in [0.2, 0.25) is 0 Å². The van der Waals surface area contributed by atoms with Gasteiger partial charge in [-0.1, -0.05) is 19.1 Å². The molecule has 0 aromatic heterocycles. The summed E-state index contributed by atoms with van der Waals surface area (Å²) < 4.78 is 6.70. The van der Waals surface area contributed by atoms with Crippen molar-refractivity contribution in [2.45, 2.75) is 26.4 Å². The van der Waals surface area contributed by atoms with Crippen LogP contribution in [0.15, 0.2) is 38.7 Å². The largest absolute Gasteiger partial charge is 0.492 e. The molecule has 0 saturated heterocycles. The van der Waals surface area contributed by atoms with Crippen molar-refractivity contribution in [3.8, 4) is 5.75 Å². The number of nitrogens with two attached hydrogens (primary N) is 2. The average Bonchev–Trinajstić information content (AvgIpc) is 2.44. The molecule has 1 aliphatic heterocycles. The first-order valence-corrected chi connectivity index (χ1v) is 8.09. The first-order chi connectivity index (χ1) is 10.8. The molecule has 0 radical (unpaired) electrons. The van der Waals surface area contributed by atoms with Crippen LogP contribution >= 0.6 is 32.9 Å². The van der Waals surface area contributed by atoms with Gasteiger partial charge in [-0.05, 0) is 41.9 Å². The SMILES string of the molecule is Br.C[C@@H](COc1ccccc1Br)CON1C(N)=NC(N)=NC1(C)C. The van der Waals surface area contributed by atoms with Crippen molar-refractivity contribution in [1.82, 2.24) is 5.06 Å². The summed E-state index contributed by atoms with van der Waals surface area (Å²) in [6.07, 6.45) is 0. The molecule has 0 saturated carbocycles. The molecule has 1 aromatic carbocycles. The van der Waals surface area contributed by atoms with E-state index in [0.717, 1.165) is 10.2 Å². The number of hydrogen-bond acceptors (Lipinski definition) is 7. The Morgan fingerprint density at radius 3 is 2.54 bits per heavy atom. The Balaban J connectivity index is 0.00000288. The zero-order chi connectivity index (χ0) is 17.0. The minimum absolute atomic E-state index is 0. The van der Waals surface area contributed by atoms with E-state index in [9.17, 15) is 0 Å². The number of hydrogen-bond donors (Lipinski definition) is 2. The van der Waals surface area contributed by atoms with Gasteiger partial charge in [0.15, 0.2) is 5.66 Å². The van der Waals surface area contributed by atoms with Gasteiger partial charge in [0.1, 0.15) is 5.75 Å². The van der Waals surface area contributed by atoms with Gasteiger partial charge in [0.05, 0.1) is 17.7 Å². The van der Waals surface area contributed by atoms with Crippen LogP contribution < -0.4 is 16.2 Å². The maximum Gasteiger partial charge on any atom is 0.226 e. The number of benzene rings is 1. The first-order valence-electron chi connectivity index (χ1n) is 7.29. The topological polar surface area (TPSA) is 98.5 Å². The van der Waals surface area contributed by atoms with E-state index in [2.05, 4.69) is 25.9 Å². The van der Waals surface area contributed by atoms with Gasteiger partial charge in [0.2, 0.25) is 11.9 Å². The number of hydroxylamine groups is 2. The molecular formula is C15H23Br2N5O2. The molecule has 1 aromatic rings. The maximum atomic E-state index is 5.87. The lowest BCUT2D eigenvalue weighted by molar-refractivity contribution is -0.167. The Morgan fingerprint density at radius 2 is 1.92 bits per heavy atom. The summed E-state index contributed by atoms with van der Waals surface area (Å²) in [6, 6.07) is 7.72. The number of aliphatic imine (C=N–C) groups is 2. The van der Waals surface area contributed by atoms with Crippen molar-refractivity contribution in [2.75, 3.05) is 13.2 Å². The summed E-state index contributed by atoms with van der Waals surface area (Å²) in [5.41, 5.74) is 10.8. The second-order valence-electron chi connectivity index (χ2n) is 5.87. The number of ether oxygens (including phenoxy) is 1. The Kier molecular flexibility index (Phi) is 7.50. The lowest BCUT2D eigenvalue weighted by Gasteiger charge is -2.37. The van der Waals surface area contributed by atoms with Crippen molar-refractivity contribution in [3.63, 3.8) is 0 Å². The Labute approximate surface area is 161 Å². The fraction of sp³-hybridized carbons (Fsp3) is 0.467. The molecule has 1 aliphatic rings. The van der Waals surface area contributed by atoms with Gasteiger partial charge >= 0.3 is 0 Å². The molecule has 1 atom stereocenters. The summed E-state index contributed by atoms with van der Waals surface area (Å²) in [7, 11) is 0. The number of halogens is 2. The van der Waals surface area contributed by atoms with Crippen LogP contribution in [-0.2, 0) is 4.84 Å². The van der Waals surface area contributed by atoms with Gasteiger partial charge < -0.3 is 16.2 Å². The highest BCUT2D eigenvalue weighted by atomic mass is 79.9. The van der Waals surface area contributed by atoms with E-state index in [0.29, 0.717) is 13.2 Å². The summed E-state index contributed by atoms with van der Waals surface area (Å²) in [5, 5.41) is 1.47. The van der Waals surface area contributed by atoms with Gasteiger partial charge in [-0.15, -0.1) is 17.0 Å². The molecule has 134 valence electrons. The van der Waals surface area contributed by atoms with Crippen molar-refractivity contribution in [1.29, 1.82) is 0 Å². The molecule has 0 fully saturated rings. The molecule has 9 heteroatoms. The quantitative estimate of drug-likeness (QED) is 0.674. The Morgan fingerprint density at radius 1 is 1.25 bits per heavy atom. The van der Waals surface area contributed by atoms with E-state index >= 15 is 0 Å². The molecular weight excluding hydrogens is 442 g/mol. The monoisotopic (exact) mass is 463 g/mol. The maximum absolute atomic E-state index is 5.87. The van der Waals surface area contributed by atoms with Crippen molar-refractivity contribution in [2.24, 2.45) is 27.4 Å². The van der Waals surface area contributed by atoms with Crippen molar-refractivity contribution < 1.29 is 9.57 Å². The zero-order valence-electron chi connectivity index (χ0n) is 13.9. The van der Waals surface area contributed by atoms with Gasteiger partial charge in [0.25, 0.3) is 0 Å². The summed E-state index contributed by atoms with van der Waals surface area (Å²) >= 11 is 3.45. The smallest absolute Gasteiger partial charge is 0.226 e. The molecule has 0 amide bonds. The standard InChI is InChI=1S/C15H22BrN5O2.BrH/c1-10(8-22-12-7-5-4-6-11(12)16)9-23-21-14(18)19-13(17)20-15(21,2)3;/h4-7,10H,8-9H2,1-3H3,(H4,17,18,19,20);1H/t10-;/m0./s1. The van der Waals surface area contributed by atoms with Crippen LogP contribution in [0.25, 0.3) is 0 Å². The minimum atomic E-state index is -0.695. The van der Waals surface area contributed by atoms with E-state index in [-0.39, 0.29) is 34.8 Å². The molecule has 0 aliphatic carbocycles. The normalized spacial score (nSPS) is 17.4. The highest BCUT2D eigenvalue weighted by Gasteiger charge is 2.33. The number of guanidine groups is 2. The number of rotatable bonds is 6. The van der Waals surface area contributed by atoms with Crippen LogP contribution in [-0.4, -0.2) is 35.9 Å². The van der Waals surface area contributed by atoms with Crippen LogP contribution in [0.4, 0.5) is 0 Å². The molecule has 0 unspecified atom stereocenters. The molecule has 2 rings (SSSR count). The summed E-state index contributed by atoms with van der Waals surface area (Å²) in [5.74, 6) is 1.30. The third-order valence-corrected chi connectivity index (χ3v) is 3.83. The van der Waals surface area contributed by atoms with E-state index in [4.69, 9.17) is 21.0 Å². The number of para-hydroxylation sites is 1. The van der Waals surface area contributed by atoms with E-state index in [1.807, 2.05) is 45.0 Å². The molecule has 1 heterocycles. The lowest BCUT2D eigenvalue weighted by atomic mass is 10.2. The van der Waals surface area contributed by atoms with Crippen LogP contribution in [0, 0.1) is 5.92 Å². The van der Waals surface area contributed by atoms with E-state index in [1.165, 1.54) is 5.06 Å². The van der Waals surface area contributed by atoms with Crippen LogP contribution in [0.5, 0.6) is 5.75 Å². The molecule has 7 nitrogen and oxygen atoms in total. The molecule has 0 spiro atoms. The number of nitrogens with zero attached hydrogens (tertiary/aromatic N) is 3. The van der Waals surface area contributed by atoms with E-state index < -0.39 is 5.66 Å². The lowest BCUT2D eigenvalue weighted by Crippen LogP contribution is -2.54. The third-order valence-electron chi connectivity index (χ3n) is 3.17. The van der Waals surface area contributed by atoms with Crippen molar-refractivity contribution in [3.05, 3.63) is 28.7 Å². The Bertz CT molecular complexity index is 622. The fourth-order valence-electron chi connectivity index (χ4n) is 2.06. The molecule has 24 heavy (non-hydrogen) atoms. The molecule has 4 N–H and O–H groups in total. The second kappa shape index (κ2) is 8.68. The average molecular weight is 465 g/mol. The fourth-order valence-corrected chi connectivity index (χ4v) is 2.46. The van der Waals surface area contributed by atoms with Crippen LogP contribution in [0.1, 0.15) is 20.8 Å². The highest BCUT2D eigenvalue weighted by Crippen LogP contribution is 2.24. The third kappa shape index (κ3) is 5.35.